The third-order valence-electron chi connectivity index (χ3n) is 4.58. The molecule has 0 atom stereocenters. The van der Waals surface area contributed by atoms with E-state index >= 15 is 0 Å². The average molecular weight is 292 g/mol. The van der Waals surface area contributed by atoms with Crippen molar-refractivity contribution in [1.29, 1.82) is 0 Å². The molecule has 114 valence electrons. The molecule has 0 amide bonds. The molecule has 0 radical (unpaired) electrons. The first-order chi connectivity index (χ1) is 10.7. The van der Waals surface area contributed by atoms with Gasteiger partial charge in [-0.15, -0.1) is 0 Å². The van der Waals surface area contributed by atoms with E-state index < -0.39 is 0 Å². The second-order valence-corrected chi connectivity index (χ2v) is 6.31. The van der Waals surface area contributed by atoms with Gasteiger partial charge >= 0.3 is 0 Å². The lowest BCUT2D eigenvalue weighted by Gasteiger charge is -2.09. The molecule has 0 aliphatic heterocycles. The van der Waals surface area contributed by atoms with Crippen LogP contribution in [0, 0.1) is 0 Å². The molecule has 1 aliphatic carbocycles. The van der Waals surface area contributed by atoms with Gasteiger partial charge in [0.15, 0.2) is 5.78 Å². The number of hydrogen-bond donors (Lipinski definition) is 0. The minimum absolute atomic E-state index is 0.221. The lowest BCUT2D eigenvalue weighted by Crippen LogP contribution is -2.06. The van der Waals surface area contributed by atoms with Crippen molar-refractivity contribution in [1.82, 2.24) is 0 Å². The number of benzene rings is 2. The second kappa shape index (κ2) is 6.48. The van der Waals surface area contributed by atoms with Crippen LogP contribution in [0.1, 0.15) is 64.9 Å². The number of carbonyl (C=O) groups excluding carboxylic acids is 1. The predicted octanol–water partition coefficient (Wildman–Crippen LogP) is 4.92. The van der Waals surface area contributed by atoms with E-state index in [1.165, 1.54) is 22.3 Å². The molecule has 2 aromatic rings. The Morgan fingerprint density at radius 3 is 1.64 bits per heavy atom. The smallest absolute Gasteiger partial charge is 0.193 e. The molecule has 0 bridgehead atoms. The van der Waals surface area contributed by atoms with Gasteiger partial charge in [-0.2, -0.15) is 0 Å². The monoisotopic (exact) mass is 292 g/mol. The van der Waals surface area contributed by atoms with E-state index in [4.69, 9.17) is 0 Å². The zero-order valence-electron chi connectivity index (χ0n) is 13.6. The molecule has 0 heterocycles. The SMILES string of the molecule is CCCc1ccc2c(c1)C(=O)c1cc(CCC)ccc1CC2. The summed E-state index contributed by atoms with van der Waals surface area (Å²) >= 11 is 0. The lowest BCUT2D eigenvalue weighted by molar-refractivity contribution is 0.103. The van der Waals surface area contributed by atoms with Crippen LogP contribution in [0.25, 0.3) is 0 Å². The molecular weight excluding hydrogens is 268 g/mol. The molecule has 0 saturated heterocycles. The standard InChI is InChI=1S/C21H24O/c1-3-5-15-7-9-17-11-12-18-10-8-16(6-4-2)14-20(18)21(22)19(17)13-15/h7-10,13-14H,3-6,11-12H2,1-2H3. The van der Waals surface area contributed by atoms with Crippen molar-refractivity contribution in [2.24, 2.45) is 0 Å². The van der Waals surface area contributed by atoms with Crippen LogP contribution in [0.4, 0.5) is 0 Å². The third-order valence-corrected chi connectivity index (χ3v) is 4.58. The van der Waals surface area contributed by atoms with E-state index in [1.54, 1.807) is 0 Å². The van der Waals surface area contributed by atoms with E-state index in [1.807, 2.05) is 0 Å². The van der Waals surface area contributed by atoms with Crippen molar-refractivity contribution in [2.45, 2.75) is 52.4 Å². The minimum Gasteiger partial charge on any atom is -0.289 e. The second-order valence-electron chi connectivity index (χ2n) is 6.31. The third kappa shape index (κ3) is 2.85. The van der Waals surface area contributed by atoms with Gasteiger partial charge in [0.1, 0.15) is 0 Å². The Hall–Kier alpha value is -1.89. The molecule has 0 N–H and O–H groups in total. The van der Waals surface area contributed by atoms with Gasteiger partial charge in [0.2, 0.25) is 0 Å². The maximum absolute atomic E-state index is 13.0. The largest absolute Gasteiger partial charge is 0.289 e. The highest BCUT2D eigenvalue weighted by Gasteiger charge is 2.21. The number of fused-ring (bicyclic) bond motifs is 2. The number of rotatable bonds is 4. The fraction of sp³-hybridized carbons (Fsp3) is 0.381. The van der Waals surface area contributed by atoms with Gasteiger partial charge in [0.05, 0.1) is 0 Å². The van der Waals surface area contributed by atoms with E-state index in [9.17, 15) is 4.79 Å². The van der Waals surface area contributed by atoms with Crippen molar-refractivity contribution in [2.75, 3.05) is 0 Å². The summed E-state index contributed by atoms with van der Waals surface area (Å²) in [5, 5.41) is 0. The van der Waals surface area contributed by atoms with Crippen LogP contribution >= 0.6 is 0 Å². The van der Waals surface area contributed by atoms with Crippen molar-refractivity contribution in [3.05, 3.63) is 69.8 Å². The molecule has 0 spiro atoms. The van der Waals surface area contributed by atoms with Crippen LogP contribution in [-0.4, -0.2) is 5.78 Å². The minimum atomic E-state index is 0.221. The Morgan fingerprint density at radius 2 is 1.23 bits per heavy atom. The Morgan fingerprint density at radius 1 is 0.773 bits per heavy atom. The van der Waals surface area contributed by atoms with Crippen LogP contribution in [0.5, 0.6) is 0 Å². The molecule has 0 saturated carbocycles. The first-order valence-electron chi connectivity index (χ1n) is 8.51. The quantitative estimate of drug-likeness (QED) is 0.781. The molecule has 1 heteroatoms. The highest BCUT2D eigenvalue weighted by atomic mass is 16.1. The van der Waals surface area contributed by atoms with Gasteiger partial charge in [0.25, 0.3) is 0 Å². The average Bonchev–Trinajstić information content (AvgIpc) is 2.66. The van der Waals surface area contributed by atoms with E-state index in [0.717, 1.165) is 49.7 Å². The van der Waals surface area contributed by atoms with E-state index in [-0.39, 0.29) is 5.78 Å². The Bertz CT molecular complexity index is 638. The Balaban J connectivity index is 2.05. The first-order valence-corrected chi connectivity index (χ1v) is 8.51. The molecule has 2 aromatic carbocycles. The molecule has 0 aromatic heterocycles. The van der Waals surface area contributed by atoms with E-state index in [0.29, 0.717) is 0 Å². The Kier molecular flexibility index (Phi) is 4.42. The molecule has 0 fully saturated rings. The highest BCUT2D eigenvalue weighted by molar-refractivity contribution is 6.11. The molecule has 0 unspecified atom stereocenters. The van der Waals surface area contributed by atoms with Gasteiger partial charge in [-0.05, 0) is 60.1 Å². The summed E-state index contributed by atoms with van der Waals surface area (Å²) < 4.78 is 0. The summed E-state index contributed by atoms with van der Waals surface area (Å²) in [7, 11) is 0. The summed E-state index contributed by atoms with van der Waals surface area (Å²) in [4.78, 5) is 13.0. The number of ketones is 1. The topological polar surface area (TPSA) is 17.1 Å². The van der Waals surface area contributed by atoms with Crippen LogP contribution in [0.3, 0.4) is 0 Å². The van der Waals surface area contributed by atoms with Gasteiger partial charge < -0.3 is 0 Å². The number of hydrogen-bond acceptors (Lipinski definition) is 1. The highest BCUT2D eigenvalue weighted by Crippen LogP contribution is 2.27. The zero-order valence-corrected chi connectivity index (χ0v) is 13.6. The van der Waals surface area contributed by atoms with Crippen molar-refractivity contribution < 1.29 is 4.79 Å². The van der Waals surface area contributed by atoms with Crippen molar-refractivity contribution in [3.63, 3.8) is 0 Å². The molecule has 1 nitrogen and oxygen atoms in total. The normalized spacial score (nSPS) is 13.5. The van der Waals surface area contributed by atoms with Gasteiger partial charge in [-0.3, -0.25) is 4.79 Å². The zero-order chi connectivity index (χ0) is 15.5. The predicted molar refractivity (Wildman–Crippen MR) is 91.7 cm³/mol. The van der Waals surface area contributed by atoms with Gasteiger partial charge in [-0.1, -0.05) is 51.0 Å². The summed E-state index contributed by atoms with van der Waals surface area (Å²) in [6.45, 7) is 4.36. The summed E-state index contributed by atoms with van der Waals surface area (Å²) in [6, 6.07) is 13.0. The van der Waals surface area contributed by atoms with Crippen molar-refractivity contribution >= 4 is 5.78 Å². The van der Waals surface area contributed by atoms with Gasteiger partial charge in [0, 0.05) is 11.1 Å². The van der Waals surface area contributed by atoms with Crippen LogP contribution in [0.2, 0.25) is 0 Å². The summed E-state index contributed by atoms with van der Waals surface area (Å²) in [6.07, 6.45) is 6.25. The Labute approximate surface area is 133 Å². The summed E-state index contributed by atoms with van der Waals surface area (Å²) in [5.74, 6) is 0.221. The maximum atomic E-state index is 13.0. The fourth-order valence-electron chi connectivity index (χ4n) is 3.41. The van der Waals surface area contributed by atoms with Crippen LogP contribution in [0.15, 0.2) is 36.4 Å². The lowest BCUT2D eigenvalue weighted by atomic mass is 9.94. The summed E-state index contributed by atoms with van der Waals surface area (Å²) in [5.41, 5.74) is 6.83. The molecule has 1 aliphatic rings. The van der Waals surface area contributed by atoms with Gasteiger partial charge in [-0.25, -0.2) is 0 Å². The molecule has 22 heavy (non-hydrogen) atoms. The first kappa shape index (κ1) is 15.0. The number of aryl methyl sites for hydroxylation is 4. The van der Waals surface area contributed by atoms with Crippen molar-refractivity contribution in [3.8, 4) is 0 Å². The number of carbonyl (C=O) groups is 1. The van der Waals surface area contributed by atoms with E-state index in [2.05, 4.69) is 50.2 Å². The van der Waals surface area contributed by atoms with Crippen LogP contribution in [-0.2, 0) is 25.7 Å². The molecular formula is C21H24O. The fourth-order valence-corrected chi connectivity index (χ4v) is 3.41. The molecule has 3 rings (SSSR count). The van der Waals surface area contributed by atoms with Crippen LogP contribution < -0.4 is 0 Å². The maximum Gasteiger partial charge on any atom is 0.193 e.